The fraction of sp³-hybridized carbons (Fsp3) is 0.211. The Hall–Kier alpha value is -2.75. The lowest BCUT2D eigenvalue weighted by Crippen LogP contribution is -2.20. The summed E-state index contributed by atoms with van der Waals surface area (Å²) in [7, 11) is 0. The third-order valence-corrected chi connectivity index (χ3v) is 3.42. The number of aryl methyl sites for hydroxylation is 1. The van der Waals surface area contributed by atoms with E-state index in [4.69, 9.17) is 9.47 Å². The van der Waals surface area contributed by atoms with Crippen LogP contribution >= 0.6 is 0 Å². The van der Waals surface area contributed by atoms with Crippen molar-refractivity contribution in [1.82, 2.24) is 0 Å². The molecule has 0 spiro atoms. The first kappa shape index (κ1) is 16.6. The lowest BCUT2D eigenvalue weighted by atomic mass is 10.1. The molecule has 0 bridgehead atoms. The Morgan fingerprint density at radius 2 is 1.87 bits per heavy atom. The maximum Gasteiger partial charge on any atom is 0.262 e. The number of benzene rings is 2. The van der Waals surface area contributed by atoms with Gasteiger partial charge in [0, 0.05) is 5.69 Å². The van der Waals surface area contributed by atoms with E-state index in [2.05, 4.69) is 11.9 Å². The van der Waals surface area contributed by atoms with Crippen LogP contribution < -0.4 is 14.8 Å². The van der Waals surface area contributed by atoms with E-state index in [-0.39, 0.29) is 12.5 Å². The number of anilines is 1. The summed E-state index contributed by atoms with van der Waals surface area (Å²) < 4.78 is 11.0. The van der Waals surface area contributed by atoms with Crippen molar-refractivity contribution in [1.29, 1.82) is 0 Å². The van der Waals surface area contributed by atoms with E-state index in [9.17, 15) is 4.79 Å². The number of carbonyl (C=O) groups excluding carboxylic acids is 1. The summed E-state index contributed by atoms with van der Waals surface area (Å²) in [5.41, 5.74) is 2.88. The number of rotatable bonds is 7. The van der Waals surface area contributed by atoms with Gasteiger partial charge in [0.1, 0.15) is 18.1 Å². The fourth-order valence-corrected chi connectivity index (χ4v) is 2.01. The van der Waals surface area contributed by atoms with Gasteiger partial charge in [-0.1, -0.05) is 24.8 Å². The average molecular weight is 311 g/mol. The van der Waals surface area contributed by atoms with Crippen LogP contribution in [0.3, 0.4) is 0 Å². The molecule has 0 atom stereocenters. The van der Waals surface area contributed by atoms with Gasteiger partial charge < -0.3 is 14.8 Å². The highest BCUT2D eigenvalue weighted by Crippen LogP contribution is 2.20. The maximum atomic E-state index is 12.0. The molecule has 0 saturated heterocycles. The zero-order valence-corrected chi connectivity index (χ0v) is 13.5. The zero-order chi connectivity index (χ0) is 16.7. The molecule has 0 unspecified atom stereocenters. The normalized spacial score (nSPS) is 10.0. The third-order valence-electron chi connectivity index (χ3n) is 3.42. The van der Waals surface area contributed by atoms with Crippen molar-refractivity contribution >= 4 is 11.6 Å². The third kappa shape index (κ3) is 4.88. The van der Waals surface area contributed by atoms with Gasteiger partial charge >= 0.3 is 0 Å². The Labute approximate surface area is 136 Å². The largest absolute Gasteiger partial charge is 0.490 e. The smallest absolute Gasteiger partial charge is 0.262 e. The molecular formula is C19H21NO3. The van der Waals surface area contributed by atoms with Gasteiger partial charge in [0.25, 0.3) is 5.91 Å². The Bertz CT molecular complexity index is 678. The lowest BCUT2D eigenvalue weighted by Gasteiger charge is -2.11. The Balaban J connectivity index is 1.87. The van der Waals surface area contributed by atoms with Crippen LogP contribution in [0.15, 0.2) is 55.1 Å². The molecule has 23 heavy (non-hydrogen) atoms. The van der Waals surface area contributed by atoms with E-state index >= 15 is 0 Å². The molecule has 0 fully saturated rings. The van der Waals surface area contributed by atoms with Gasteiger partial charge in [-0.25, -0.2) is 0 Å². The molecule has 1 amide bonds. The molecule has 2 aromatic carbocycles. The van der Waals surface area contributed by atoms with Crippen LogP contribution in [0.25, 0.3) is 0 Å². The summed E-state index contributed by atoms with van der Waals surface area (Å²) in [5, 5.41) is 2.79. The van der Waals surface area contributed by atoms with Crippen molar-refractivity contribution in [2.24, 2.45) is 0 Å². The van der Waals surface area contributed by atoms with E-state index in [0.717, 1.165) is 22.6 Å². The van der Waals surface area contributed by atoms with Crippen molar-refractivity contribution < 1.29 is 14.3 Å². The predicted molar refractivity (Wildman–Crippen MR) is 92.2 cm³/mol. The second-order valence-electron chi connectivity index (χ2n) is 5.16. The second-order valence-corrected chi connectivity index (χ2v) is 5.16. The first-order valence-corrected chi connectivity index (χ1v) is 7.43. The van der Waals surface area contributed by atoms with Crippen LogP contribution in [0.1, 0.15) is 11.1 Å². The van der Waals surface area contributed by atoms with Crippen LogP contribution in [-0.2, 0) is 4.79 Å². The van der Waals surface area contributed by atoms with Gasteiger partial charge in [-0.2, -0.15) is 0 Å². The van der Waals surface area contributed by atoms with E-state index < -0.39 is 0 Å². The number of nitrogens with one attached hydrogen (secondary N) is 1. The first-order valence-electron chi connectivity index (χ1n) is 7.43. The number of ether oxygens (including phenoxy) is 2. The average Bonchev–Trinajstić information content (AvgIpc) is 2.55. The van der Waals surface area contributed by atoms with Crippen LogP contribution in [0, 0.1) is 13.8 Å². The monoisotopic (exact) mass is 311 g/mol. The maximum absolute atomic E-state index is 12.0. The molecule has 120 valence electrons. The molecule has 4 heteroatoms. The standard InChI is InChI=1S/C19H21NO3/c1-4-12-22-17-10-8-16(9-11-17)20-19(21)13-23-18-7-5-6-14(2)15(18)3/h4-11H,1,12-13H2,2-3H3,(H,20,21). The summed E-state index contributed by atoms with van der Waals surface area (Å²) >= 11 is 0. The molecule has 1 N–H and O–H groups in total. The van der Waals surface area contributed by atoms with E-state index in [1.54, 1.807) is 30.3 Å². The van der Waals surface area contributed by atoms with Crippen LogP contribution in [0.2, 0.25) is 0 Å². The van der Waals surface area contributed by atoms with Gasteiger partial charge in [0.15, 0.2) is 6.61 Å². The first-order chi connectivity index (χ1) is 11.1. The second kappa shape index (κ2) is 8.03. The molecule has 4 nitrogen and oxygen atoms in total. The number of amides is 1. The van der Waals surface area contributed by atoms with Crippen molar-refractivity contribution in [2.45, 2.75) is 13.8 Å². The molecule has 2 rings (SSSR count). The van der Waals surface area contributed by atoms with Crippen molar-refractivity contribution in [3.63, 3.8) is 0 Å². The Morgan fingerprint density at radius 3 is 2.57 bits per heavy atom. The summed E-state index contributed by atoms with van der Waals surface area (Å²) in [4.78, 5) is 12.0. The lowest BCUT2D eigenvalue weighted by molar-refractivity contribution is -0.118. The molecule has 0 radical (unpaired) electrons. The van der Waals surface area contributed by atoms with Gasteiger partial charge in [-0.15, -0.1) is 0 Å². The SMILES string of the molecule is C=CCOc1ccc(NC(=O)COc2cccc(C)c2C)cc1. The van der Waals surface area contributed by atoms with Crippen LogP contribution in [-0.4, -0.2) is 19.1 Å². The van der Waals surface area contributed by atoms with Gasteiger partial charge in [0.05, 0.1) is 0 Å². The van der Waals surface area contributed by atoms with E-state index in [1.807, 2.05) is 32.0 Å². The molecular weight excluding hydrogens is 290 g/mol. The van der Waals surface area contributed by atoms with Crippen molar-refractivity contribution in [2.75, 3.05) is 18.5 Å². The minimum Gasteiger partial charge on any atom is -0.490 e. The topological polar surface area (TPSA) is 47.6 Å². The minimum absolute atomic E-state index is 0.0288. The summed E-state index contributed by atoms with van der Waals surface area (Å²) in [6, 6.07) is 13.0. The Kier molecular flexibility index (Phi) is 5.80. The molecule has 0 heterocycles. The zero-order valence-electron chi connectivity index (χ0n) is 13.5. The predicted octanol–water partition coefficient (Wildman–Crippen LogP) is 3.89. The summed E-state index contributed by atoms with van der Waals surface area (Å²) in [5.74, 6) is 1.26. The van der Waals surface area contributed by atoms with Gasteiger partial charge in [-0.05, 0) is 55.3 Å². The molecule has 0 aliphatic heterocycles. The summed E-state index contributed by atoms with van der Waals surface area (Å²) in [6.07, 6.45) is 1.68. The molecule has 0 saturated carbocycles. The van der Waals surface area contributed by atoms with E-state index in [1.165, 1.54) is 0 Å². The van der Waals surface area contributed by atoms with Gasteiger partial charge in [0.2, 0.25) is 0 Å². The molecule has 0 aliphatic carbocycles. The number of hydrogen-bond acceptors (Lipinski definition) is 3. The van der Waals surface area contributed by atoms with Crippen LogP contribution in [0.5, 0.6) is 11.5 Å². The van der Waals surface area contributed by atoms with Gasteiger partial charge in [-0.3, -0.25) is 4.79 Å². The number of carbonyl (C=O) groups is 1. The number of hydrogen-bond donors (Lipinski definition) is 1. The van der Waals surface area contributed by atoms with Crippen LogP contribution in [0.4, 0.5) is 5.69 Å². The highest BCUT2D eigenvalue weighted by molar-refractivity contribution is 5.91. The minimum atomic E-state index is -0.203. The van der Waals surface area contributed by atoms with Crippen molar-refractivity contribution in [3.8, 4) is 11.5 Å². The Morgan fingerprint density at radius 1 is 1.13 bits per heavy atom. The van der Waals surface area contributed by atoms with E-state index in [0.29, 0.717) is 12.3 Å². The molecule has 2 aromatic rings. The highest BCUT2D eigenvalue weighted by Gasteiger charge is 2.06. The summed E-state index contributed by atoms with van der Waals surface area (Å²) in [6.45, 7) is 8.01. The molecule has 0 aliphatic rings. The fourth-order valence-electron chi connectivity index (χ4n) is 2.01. The highest BCUT2D eigenvalue weighted by atomic mass is 16.5. The quantitative estimate of drug-likeness (QED) is 0.789. The molecule has 0 aromatic heterocycles. The van der Waals surface area contributed by atoms with Crippen molar-refractivity contribution in [3.05, 3.63) is 66.2 Å².